The van der Waals surface area contributed by atoms with E-state index in [1.54, 1.807) is 6.07 Å². The van der Waals surface area contributed by atoms with Gasteiger partial charge in [0.2, 0.25) is 16.2 Å². The quantitative estimate of drug-likeness (QED) is 0.355. The first-order chi connectivity index (χ1) is 17.6. The van der Waals surface area contributed by atoms with Crippen molar-refractivity contribution in [2.45, 2.75) is 50.4 Å². The van der Waals surface area contributed by atoms with Gasteiger partial charge in [0, 0.05) is 17.5 Å². The molecular formula is C22H20F4N6O4S. The number of hydrogen-bond donors (Lipinski definition) is 3. The van der Waals surface area contributed by atoms with Gasteiger partial charge in [0.1, 0.15) is 11.6 Å². The molecule has 0 atom stereocenters. The Balaban J connectivity index is 1.28. The summed E-state index contributed by atoms with van der Waals surface area (Å²) in [6.07, 6.45) is -1.20. The lowest BCUT2D eigenvalue weighted by molar-refractivity contribution is -0.274. The fourth-order valence-corrected chi connectivity index (χ4v) is 4.70. The standard InChI is InChI=1S/C22H20F4N6O4S/c23-16-6-5-15(36-22(24,25)26)7-12(16)9-18(33)29-21-32-31-20(37-21)28-14-3-1-11(2-4-14)17-8-13(19(34)35)10-27-30-17/h5-8,10-11,14H,1-4,9H2,(H,28,31)(H,34,35)(H,29,32,33). The summed E-state index contributed by atoms with van der Waals surface area (Å²) < 4.78 is 54.9. The highest BCUT2D eigenvalue weighted by atomic mass is 32.1. The predicted molar refractivity (Wildman–Crippen MR) is 123 cm³/mol. The number of amides is 1. The van der Waals surface area contributed by atoms with Crippen LogP contribution in [0.4, 0.5) is 27.8 Å². The second-order valence-electron chi connectivity index (χ2n) is 8.31. The molecule has 0 saturated heterocycles. The minimum absolute atomic E-state index is 0.0776. The van der Waals surface area contributed by atoms with E-state index in [2.05, 4.69) is 35.8 Å². The number of benzene rings is 1. The van der Waals surface area contributed by atoms with Crippen LogP contribution in [0.25, 0.3) is 0 Å². The highest BCUT2D eigenvalue weighted by Crippen LogP contribution is 2.34. The monoisotopic (exact) mass is 540 g/mol. The first kappa shape index (κ1) is 26.2. The zero-order valence-electron chi connectivity index (χ0n) is 19.0. The normalized spacial score (nSPS) is 17.7. The predicted octanol–water partition coefficient (Wildman–Crippen LogP) is 4.38. The van der Waals surface area contributed by atoms with Crippen molar-refractivity contribution >= 4 is 33.5 Å². The molecule has 1 aromatic carbocycles. The Morgan fingerprint density at radius 3 is 2.51 bits per heavy atom. The van der Waals surface area contributed by atoms with Crippen LogP contribution in [0.3, 0.4) is 0 Å². The maximum atomic E-state index is 14.0. The van der Waals surface area contributed by atoms with Gasteiger partial charge in [0.15, 0.2) is 0 Å². The number of anilines is 2. The summed E-state index contributed by atoms with van der Waals surface area (Å²) in [4.78, 5) is 23.4. The van der Waals surface area contributed by atoms with Crippen molar-refractivity contribution in [1.29, 1.82) is 0 Å². The number of nitrogens with zero attached hydrogens (tertiary/aromatic N) is 4. The van der Waals surface area contributed by atoms with Crippen LogP contribution in [0.2, 0.25) is 0 Å². The van der Waals surface area contributed by atoms with Gasteiger partial charge < -0.3 is 20.5 Å². The number of halogens is 4. The average molecular weight is 540 g/mol. The molecule has 4 rings (SSSR count). The molecule has 3 aromatic rings. The lowest BCUT2D eigenvalue weighted by Gasteiger charge is -2.28. The molecule has 2 aromatic heterocycles. The molecule has 0 bridgehead atoms. The molecule has 196 valence electrons. The number of aromatic carboxylic acids is 1. The number of rotatable bonds is 8. The van der Waals surface area contributed by atoms with Crippen LogP contribution in [-0.2, 0) is 11.2 Å². The molecule has 0 spiro atoms. The van der Waals surface area contributed by atoms with Gasteiger partial charge in [-0.3, -0.25) is 4.79 Å². The molecule has 0 aliphatic heterocycles. The van der Waals surface area contributed by atoms with Crippen LogP contribution >= 0.6 is 11.3 Å². The topological polar surface area (TPSA) is 139 Å². The van der Waals surface area contributed by atoms with Gasteiger partial charge in [0.25, 0.3) is 0 Å². The van der Waals surface area contributed by atoms with E-state index in [0.717, 1.165) is 55.2 Å². The van der Waals surface area contributed by atoms with Crippen LogP contribution in [0.5, 0.6) is 5.75 Å². The van der Waals surface area contributed by atoms with Gasteiger partial charge in [-0.2, -0.15) is 10.2 Å². The molecule has 1 fully saturated rings. The number of carboxylic acid groups (broad SMARTS) is 1. The smallest absolute Gasteiger partial charge is 0.478 e. The maximum Gasteiger partial charge on any atom is 0.573 e. The Hall–Kier alpha value is -3.88. The van der Waals surface area contributed by atoms with Gasteiger partial charge in [-0.1, -0.05) is 11.3 Å². The van der Waals surface area contributed by atoms with Crippen molar-refractivity contribution in [3.63, 3.8) is 0 Å². The van der Waals surface area contributed by atoms with Crippen LogP contribution in [0.15, 0.2) is 30.5 Å². The fourth-order valence-electron chi connectivity index (χ4n) is 3.96. The van der Waals surface area contributed by atoms with E-state index in [4.69, 9.17) is 5.11 Å². The minimum Gasteiger partial charge on any atom is -0.478 e. The van der Waals surface area contributed by atoms with Crippen molar-refractivity contribution in [2.75, 3.05) is 10.6 Å². The highest BCUT2D eigenvalue weighted by molar-refractivity contribution is 7.19. The number of carbonyl (C=O) groups excluding carboxylic acids is 1. The van der Waals surface area contributed by atoms with E-state index >= 15 is 0 Å². The molecular weight excluding hydrogens is 520 g/mol. The second-order valence-corrected chi connectivity index (χ2v) is 9.28. The van der Waals surface area contributed by atoms with Gasteiger partial charge in [-0.15, -0.1) is 23.4 Å². The molecule has 15 heteroatoms. The molecule has 1 saturated carbocycles. The molecule has 1 aliphatic rings. The Labute approximate surface area is 211 Å². The Kier molecular flexibility index (Phi) is 7.80. The number of hydrogen-bond acceptors (Lipinski definition) is 9. The van der Waals surface area contributed by atoms with Crippen molar-refractivity contribution in [3.8, 4) is 5.75 Å². The second kappa shape index (κ2) is 11.0. The molecule has 1 aliphatic carbocycles. The van der Waals surface area contributed by atoms with E-state index in [0.29, 0.717) is 10.8 Å². The van der Waals surface area contributed by atoms with E-state index in [1.165, 1.54) is 6.20 Å². The molecule has 2 heterocycles. The summed E-state index contributed by atoms with van der Waals surface area (Å²) in [5, 5.41) is 31.1. The van der Waals surface area contributed by atoms with Crippen molar-refractivity contribution in [2.24, 2.45) is 0 Å². The number of carboxylic acids is 1. The van der Waals surface area contributed by atoms with Crippen molar-refractivity contribution in [1.82, 2.24) is 20.4 Å². The Morgan fingerprint density at radius 1 is 1.08 bits per heavy atom. The third-order valence-electron chi connectivity index (χ3n) is 5.67. The summed E-state index contributed by atoms with van der Waals surface area (Å²) in [6.45, 7) is 0. The zero-order chi connectivity index (χ0) is 26.6. The Morgan fingerprint density at radius 2 is 1.81 bits per heavy atom. The molecule has 10 nitrogen and oxygen atoms in total. The van der Waals surface area contributed by atoms with E-state index in [9.17, 15) is 27.2 Å². The maximum absolute atomic E-state index is 14.0. The van der Waals surface area contributed by atoms with Gasteiger partial charge in [0.05, 0.1) is 23.9 Å². The van der Waals surface area contributed by atoms with Crippen molar-refractivity contribution < 1.29 is 37.0 Å². The number of aromatic nitrogens is 4. The lowest BCUT2D eigenvalue weighted by Crippen LogP contribution is -2.25. The van der Waals surface area contributed by atoms with Crippen LogP contribution < -0.4 is 15.4 Å². The SMILES string of the molecule is O=C(Cc1cc(OC(F)(F)F)ccc1F)Nc1nnc(NC2CCC(c3cc(C(=O)O)cnn3)CC2)s1. The van der Waals surface area contributed by atoms with Crippen LogP contribution in [0.1, 0.15) is 53.2 Å². The van der Waals surface area contributed by atoms with E-state index in [1.807, 2.05) is 0 Å². The molecule has 0 unspecified atom stereocenters. The van der Waals surface area contributed by atoms with E-state index in [-0.39, 0.29) is 28.2 Å². The number of alkyl halides is 3. The zero-order valence-corrected chi connectivity index (χ0v) is 19.8. The summed E-state index contributed by atoms with van der Waals surface area (Å²) in [6, 6.07) is 4.05. The Bertz CT molecular complexity index is 1280. The average Bonchev–Trinajstić information content (AvgIpc) is 3.27. The first-order valence-corrected chi connectivity index (χ1v) is 11.9. The first-order valence-electron chi connectivity index (χ1n) is 11.1. The molecule has 37 heavy (non-hydrogen) atoms. The highest BCUT2D eigenvalue weighted by Gasteiger charge is 2.31. The summed E-state index contributed by atoms with van der Waals surface area (Å²) in [7, 11) is 0. The molecule has 0 radical (unpaired) electrons. The summed E-state index contributed by atoms with van der Waals surface area (Å²) in [5.41, 5.74) is 0.474. The number of ether oxygens (including phenoxy) is 1. The van der Waals surface area contributed by atoms with Gasteiger partial charge in [-0.05, 0) is 49.9 Å². The van der Waals surface area contributed by atoms with Gasteiger partial charge in [-0.25, -0.2) is 9.18 Å². The summed E-state index contributed by atoms with van der Waals surface area (Å²) in [5.74, 6) is -3.12. The lowest BCUT2D eigenvalue weighted by atomic mass is 9.84. The number of nitrogens with one attached hydrogen (secondary N) is 2. The molecule has 3 N–H and O–H groups in total. The minimum atomic E-state index is -4.94. The van der Waals surface area contributed by atoms with Crippen molar-refractivity contribution in [3.05, 3.63) is 53.1 Å². The largest absolute Gasteiger partial charge is 0.573 e. The number of carbonyl (C=O) groups is 2. The van der Waals surface area contributed by atoms with Crippen LogP contribution in [0, 0.1) is 5.82 Å². The van der Waals surface area contributed by atoms with E-state index < -0.39 is 36.2 Å². The van der Waals surface area contributed by atoms with Crippen LogP contribution in [-0.4, -0.2) is 49.8 Å². The third-order valence-corrected chi connectivity index (χ3v) is 6.44. The van der Waals surface area contributed by atoms with Gasteiger partial charge >= 0.3 is 12.3 Å². The third kappa shape index (κ3) is 7.31. The summed E-state index contributed by atoms with van der Waals surface area (Å²) >= 11 is 1.06. The molecule has 1 amide bonds. The fraction of sp³-hybridized carbons (Fsp3) is 0.364.